The molecule has 1 aromatic carbocycles. The molecular formula is C12H10FNO3. The molecule has 0 saturated carbocycles. The van der Waals surface area contributed by atoms with E-state index in [-0.39, 0.29) is 5.39 Å². The van der Waals surface area contributed by atoms with Crippen LogP contribution in [0.3, 0.4) is 0 Å². The van der Waals surface area contributed by atoms with Crippen molar-refractivity contribution in [2.75, 3.05) is 0 Å². The van der Waals surface area contributed by atoms with Crippen molar-refractivity contribution in [1.82, 2.24) is 4.57 Å². The summed E-state index contributed by atoms with van der Waals surface area (Å²) in [6, 6.07) is 6.35. The molecule has 0 aliphatic heterocycles. The van der Waals surface area contributed by atoms with Crippen LogP contribution in [0.4, 0.5) is 4.39 Å². The Morgan fingerprint density at radius 3 is 2.65 bits per heavy atom. The Morgan fingerprint density at radius 1 is 1.41 bits per heavy atom. The maximum atomic E-state index is 13.4. The van der Waals surface area contributed by atoms with Gasteiger partial charge < -0.3 is 9.67 Å². The van der Waals surface area contributed by atoms with Crippen molar-refractivity contribution in [1.29, 1.82) is 0 Å². The van der Waals surface area contributed by atoms with Gasteiger partial charge in [-0.05, 0) is 19.1 Å². The highest BCUT2D eigenvalue weighted by molar-refractivity contribution is 5.92. The summed E-state index contributed by atoms with van der Waals surface area (Å²) in [7, 11) is 0. The zero-order valence-electron chi connectivity index (χ0n) is 9.05. The fourth-order valence-corrected chi connectivity index (χ4v) is 1.75. The van der Waals surface area contributed by atoms with Gasteiger partial charge in [-0.25, -0.2) is 9.18 Å². The second-order valence-electron chi connectivity index (χ2n) is 3.68. The molecular weight excluding hydrogens is 225 g/mol. The number of carbonyl (C=O) groups is 1. The normalized spacial score (nSPS) is 12.6. The standard InChI is InChI=1S/C12H10FNO3/c1-7(13)14-6-9(12(16)17)11(15)8-4-2-3-5-10(8)14/h2-7H,1H3,(H,16,17). The molecule has 1 heterocycles. The Balaban J connectivity index is 2.95. The zero-order valence-corrected chi connectivity index (χ0v) is 9.05. The lowest BCUT2D eigenvalue weighted by Crippen LogP contribution is -2.19. The van der Waals surface area contributed by atoms with Gasteiger partial charge in [-0.1, -0.05) is 12.1 Å². The minimum Gasteiger partial charge on any atom is -0.477 e. The van der Waals surface area contributed by atoms with Crippen LogP contribution in [-0.2, 0) is 0 Å². The summed E-state index contributed by atoms with van der Waals surface area (Å²) < 4.78 is 14.5. The molecule has 0 radical (unpaired) electrons. The van der Waals surface area contributed by atoms with Crippen LogP contribution in [0.25, 0.3) is 10.9 Å². The minimum atomic E-state index is -1.40. The molecule has 0 saturated heterocycles. The van der Waals surface area contributed by atoms with E-state index in [9.17, 15) is 14.0 Å². The number of alkyl halides is 1. The van der Waals surface area contributed by atoms with E-state index < -0.39 is 23.3 Å². The first-order valence-corrected chi connectivity index (χ1v) is 5.03. The number of pyridine rings is 1. The number of halogens is 1. The molecule has 0 bridgehead atoms. The monoisotopic (exact) mass is 235 g/mol. The summed E-state index contributed by atoms with van der Waals surface area (Å²) in [5.74, 6) is -1.35. The molecule has 2 rings (SSSR count). The quantitative estimate of drug-likeness (QED) is 0.867. The van der Waals surface area contributed by atoms with E-state index in [2.05, 4.69) is 0 Å². The van der Waals surface area contributed by atoms with Gasteiger partial charge in [0, 0.05) is 11.6 Å². The van der Waals surface area contributed by atoms with Crippen molar-refractivity contribution in [2.45, 2.75) is 13.2 Å². The van der Waals surface area contributed by atoms with E-state index in [1.165, 1.54) is 13.0 Å². The number of rotatable bonds is 2. The number of carboxylic acids is 1. The highest BCUT2D eigenvalue weighted by Gasteiger charge is 2.15. The molecule has 0 spiro atoms. The van der Waals surface area contributed by atoms with Crippen LogP contribution in [0.15, 0.2) is 35.3 Å². The van der Waals surface area contributed by atoms with Crippen LogP contribution in [0.5, 0.6) is 0 Å². The average molecular weight is 235 g/mol. The number of aromatic nitrogens is 1. The molecule has 1 N–H and O–H groups in total. The molecule has 0 aliphatic carbocycles. The number of hydrogen-bond acceptors (Lipinski definition) is 2. The van der Waals surface area contributed by atoms with Gasteiger partial charge in [0.25, 0.3) is 0 Å². The van der Waals surface area contributed by atoms with E-state index in [1.54, 1.807) is 18.2 Å². The molecule has 0 amide bonds. The van der Waals surface area contributed by atoms with Gasteiger partial charge >= 0.3 is 5.97 Å². The van der Waals surface area contributed by atoms with Crippen LogP contribution in [-0.4, -0.2) is 15.6 Å². The Bertz CT molecular complexity index is 646. The van der Waals surface area contributed by atoms with Crippen molar-refractivity contribution in [3.63, 3.8) is 0 Å². The van der Waals surface area contributed by atoms with Crippen LogP contribution < -0.4 is 5.43 Å². The third kappa shape index (κ3) is 1.80. The number of hydrogen-bond donors (Lipinski definition) is 1. The molecule has 4 nitrogen and oxygen atoms in total. The maximum Gasteiger partial charge on any atom is 0.341 e. The summed E-state index contributed by atoms with van der Waals surface area (Å²) >= 11 is 0. The molecule has 17 heavy (non-hydrogen) atoms. The summed E-state index contributed by atoms with van der Waals surface area (Å²) in [6.07, 6.45) is -0.365. The first-order valence-electron chi connectivity index (χ1n) is 5.03. The smallest absolute Gasteiger partial charge is 0.341 e. The Kier molecular flexibility index (Phi) is 2.67. The van der Waals surface area contributed by atoms with E-state index in [0.29, 0.717) is 5.52 Å². The first kappa shape index (κ1) is 11.3. The number of benzene rings is 1. The van der Waals surface area contributed by atoms with Crippen LogP contribution in [0, 0.1) is 0 Å². The topological polar surface area (TPSA) is 59.3 Å². The maximum absolute atomic E-state index is 13.4. The van der Waals surface area contributed by atoms with Crippen LogP contribution in [0.2, 0.25) is 0 Å². The molecule has 1 atom stereocenters. The predicted octanol–water partition coefficient (Wildman–Crippen LogP) is 2.19. The van der Waals surface area contributed by atoms with E-state index in [0.717, 1.165) is 10.8 Å². The molecule has 88 valence electrons. The Labute approximate surface area is 95.9 Å². The first-order chi connectivity index (χ1) is 8.02. The predicted molar refractivity (Wildman–Crippen MR) is 61.0 cm³/mol. The van der Waals surface area contributed by atoms with Crippen molar-refractivity contribution in [3.05, 3.63) is 46.2 Å². The lowest BCUT2D eigenvalue weighted by molar-refractivity contribution is 0.0694. The summed E-state index contributed by atoms with van der Waals surface area (Å²) in [4.78, 5) is 22.7. The van der Waals surface area contributed by atoms with Crippen LogP contribution in [0.1, 0.15) is 23.6 Å². The van der Waals surface area contributed by atoms with E-state index in [4.69, 9.17) is 5.11 Å². The zero-order chi connectivity index (χ0) is 12.6. The van der Waals surface area contributed by atoms with Gasteiger partial charge in [-0.15, -0.1) is 0 Å². The van der Waals surface area contributed by atoms with Gasteiger partial charge in [0.15, 0.2) is 6.30 Å². The Hall–Kier alpha value is -2.17. The number of nitrogens with zero attached hydrogens (tertiary/aromatic N) is 1. The molecule has 2 aromatic rings. The number of para-hydroxylation sites is 1. The lowest BCUT2D eigenvalue weighted by atomic mass is 10.1. The van der Waals surface area contributed by atoms with E-state index >= 15 is 0 Å². The lowest BCUT2D eigenvalue weighted by Gasteiger charge is -2.12. The van der Waals surface area contributed by atoms with Gasteiger partial charge in [-0.3, -0.25) is 4.79 Å². The van der Waals surface area contributed by atoms with Crippen LogP contribution >= 0.6 is 0 Å². The second kappa shape index (κ2) is 4.01. The summed E-state index contributed by atoms with van der Waals surface area (Å²) in [6.45, 7) is 1.28. The molecule has 0 aliphatic rings. The SMILES string of the molecule is CC(F)n1cc(C(=O)O)c(=O)c2ccccc21. The highest BCUT2D eigenvalue weighted by Crippen LogP contribution is 2.17. The van der Waals surface area contributed by atoms with Crippen molar-refractivity contribution < 1.29 is 14.3 Å². The molecule has 5 heteroatoms. The molecule has 1 unspecified atom stereocenters. The molecule has 1 aromatic heterocycles. The van der Waals surface area contributed by atoms with Crippen molar-refractivity contribution in [3.8, 4) is 0 Å². The van der Waals surface area contributed by atoms with Gasteiger partial charge in [-0.2, -0.15) is 0 Å². The van der Waals surface area contributed by atoms with Crippen molar-refractivity contribution in [2.24, 2.45) is 0 Å². The third-order valence-electron chi connectivity index (χ3n) is 2.55. The van der Waals surface area contributed by atoms with Crippen molar-refractivity contribution >= 4 is 16.9 Å². The van der Waals surface area contributed by atoms with Gasteiger partial charge in [0.05, 0.1) is 5.52 Å². The average Bonchev–Trinajstić information content (AvgIpc) is 2.29. The molecule has 0 fully saturated rings. The van der Waals surface area contributed by atoms with Gasteiger partial charge in [0.2, 0.25) is 5.43 Å². The fourth-order valence-electron chi connectivity index (χ4n) is 1.75. The number of aromatic carboxylic acids is 1. The number of carboxylic acid groups (broad SMARTS) is 1. The minimum absolute atomic E-state index is 0.205. The fraction of sp³-hybridized carbons (Fsp3) is 0.167. The largest absolute Gasteiger partial charge is 0.477 e. The number of fused-ring (bicyclic) bond motifs is 1. The second-order valence-corrected chi connectivity index (χ2v) is 3.68. The third-order valence-corrected chi connectivity index (χ3v) is 2.55. The summed E-state index contributed by atoms with van der Waals surface area (Å²) in [5, 5.41) is 9.10. The summed E-state index contributed by atoms with van der Waals surface area (Å²) in [5.41, 5.74) is -0.629. The van der Waals surface area contributed by atoms with Gasteiger partial charge in [0.1, 0.15) is 5.56 Å². The highest BCUT2D eigenvalue weighted by atomic mass is 19.1. The van der Waals surface area contributed by atoms with E-state index in [1.807, 2.05) is 0 Å². The Morgan fingerprint density at radius 2 is 2.06 bits per heavy atom.